The summed E-state index contributed by atoms with van der Waals surface area (Å²) in [6, 6.07) is 15.4. The molecule has 0 aliphatic rings. The second kappa shape index (κ2) is 29.8. The van der Waals surface area contributed by atoms with Crippen molar-refractivity contribution >= 4 is 35.8 Å². The van der Waals surface area contributed by atoms with Crippen LogP contribution < -0.4 is 67.5 Å². The minimum atomic E-state index is -1.52. The van der Waals surface area contributed by atoms with Gasteiger partial charge >= 0.3 is 0 Å². The number of aliphatic hydroxyl groups is 3. The predicted molar refractivity (Wildman–Crippen MR) is 161 cm³/mol. The number of quaternary nitrogens is 6. The van der Waals surface area contributed by atoms with E-state index in [4.69, 9.17) is 15.3 Å². The summed E-state index contributed by atoms with van der Waals surface area (Å²) in [5.74, 6) is -9.11. The lowest BCUT2D eigenvalue weighted by Crippen LogP contribution is -2.29. The van der Waals surface area contributed by atoms with Crippen LogP contribution in [0.5, 0.6) is 0 Å². The molecule has 48 heavy (non-hydrogen) atoms. The molecule has 0 aliphatic heterocycles. The van der Waals surface area contributed by atoms with Crippen LogP contribution >= 0.6 is 0 Å². The zero-order valence-corrected chi connectivity index (χ0v) is 27.2. The number of carbonyl (C=O) groups is 6. The third-order valence-electron chi connectivity index (χ3n) is 4.52. The second-order valence-electron chi connectivity index (χ2n) is 7.38. The van der Waals surface area contributed by atoms with Crippen molar-refractivity contribution in [2.24, 2.45) is 0 Å². The van der Waals surface area contributed by atoms with Gasteiger partial charge in [0.2, 0.25) is 0 Å². The Labute approximate surface area is 273 Å². The fraction of sp³-hybridized carbons (Fsp3) is 0.111. The number of carbonyl (C=O) groups excluding carboxylic acids is 6. The second-order valence-corrected chi connectivity index (χ2v) is 7.38. The number of hydrogen-bond acceptors (Lipinski definition) is 15. The molecule has 3 aromatic rings. The van der Waals surface area contributed by atoms with E-state index in [9.17, 15) is 59.4 Å². The largest absolute Gasteiger partial charge is 0.545 e. The number of rotatable bonds is 8. The zero-order valence-electron chi connectivity index (χ0n) is 27.2. The minimum absolute atomic E-state index is 0. The molecule has 0 heterocycles. The highest BCUT2D eigenvalue weighted by Crippen LogP contribution is 2.07. The van der Waals surface area contributed by atoms with Crippen molar-refractivity contribution in [3.63, 3.8) is 0 Å². The number of aromatic carboxylic acids is 6. The van der Waals surface area contributed by atoms with E-state index in [0.717, 1.165) is 36.4 Å². The van der Waals surface area contributed by atoms with Crippen molar-refractivity contribution in [2.75, 3.05) is 13.2 Å². The number of aliphatic hydroxyl groups excluding tert-OH is 3. The summed E-state index contributed by atoms with van der Waals surface area (Å²) in [6.07, 6.45) is -0.954. The first kappa shape index (κ1) is 57.7. The van der Waals surface area contributed by atoms with Crippen molar-refractivity contribution in [3.05, 3.63) is 106 Å². The van der Waals surface area contributed by atoms with Crippen molar-refractivity contribution in [1.29, 1.82) is 0 Å². The average molecular weight is 693 g/mol. The van der Waals surface area contributed by atoms with Crippen molar-refractivity contribution in [2.45, 2.75) is 6.10 Å². The lowest BCUT2D eigenvalue weighted by Gasteiger charge is -2.09. The van der Waals surface area contributed by atoms with Crippen LogP contribution in [0.25, 0.3) is 0 Å². The molecule has 21 nitrogen and oxygen atoms in total. The van der Waals surface area contributed by atoms with Crippen LogP contribution in [0, 0.1) is 0 Å². The molecule has 0 aromatic heterocycles. The molecule has 0 fully saturated rings. The molecule has 0 amide bonds. The number of benzene rings is 3. The number of carboxylic acids is 6. The van der Waals surface area contributed by atoms with Gasteiger partial charge in [-0.2, -0.15) is 0 Å². The Morgan fingerprint density at radius 2 is 0.521 bits per heavy atom. The minimum Gasteiger partial charge on any atom is -0.545 e. The van der Waals surface area contributed by atoms with Crippen molar-refractivity contribution < 1.29 is 74.7 Å². The van der Waals surface area contributed by atoms with Gasteiger partial charge in [-0.05, 0) is 0 Å². The SMILES string of the molecule is O=C([O-])c1ccccc1C(=O)[O-].O=C([O-])c1ccccc1C(=O)[O-].O=C([O-])c1ccccc1C(=O)[O-].OCC(O)CO.[NH4+].[NH4+].[NH4+].[NH4+].[NH4+].[NH4+]. The lowest BCUT2D eigenvalue weighted by molar-refractivity contribution is -0.259. The third-order valence-corrected chi connectivity index (χ3v) is 4.52. The molecular formula is C27H44N6O15. The normalized spacial score (nSPS) is 8.25. The highest BCUT2D eigenvalue weighted by Gasteiger charge is 2.03. The molecule has 0 atom stereocenters. The summed E-state index contributed by atoms with van der Waals surface area (Å²) in [5, 5.41) is 86.0. The summed E-state index contributed by atoms with van der Waals surface area (Å²) in [4.78, 5) is 61.9. The van der Waals surface area contributed by atoms with E-state index < -0.39 is 41.9 Å². The van der Waals surface area contributed by atoms with Gasteiger partial charge in [-0.3, -0.25) is 0 Å². The molecule has 27 N–H and O–H groups in total. The van der Waals surface area contributed by atoms with Crippen LogP contribution in [-0.4, -0.2) is 70.5 Å². The van der Waals surface area contributed by atoms with E-state index in [1.807, 2.05) is 0 Å². The van der Waals surface area contributed by atoms with Crippen molar-refractivity contribution in [3.8, 4) is 0 Å². The first-order valence-corrected chi connectivity index (χ1v) is 11.1. The van der Waals surface area contributed by atoms with E-state index in [0.29, 0.717) is 0 Å². The Morgan fingerprint density at radius 3 is 0.583 bits per heavy atom. The Balaban J connectivity index is -0.0000000918. The quantitative estimate of drug-likeness (QED) is 0.108. The van der Waals surface area contributed by atoms with Gasteiger partial charge in [0.25, 0.3) is 0 Å². The first-order valence-electron chi connectivity index (χ1n) is 11.1. The fourth-order valence-corrected chi connectivity index (χ4v) is 2.58. The molecule has 0 bridgehead atoms. The Bertz CT molecular complexity index is 1160. The van der Waals surface area contributed by atoms with Gasteiger partial charge in [0.1, 0.15) is 6.10 Å². The Hall–Kier alpha value is -5.88. The Kier molecular flexibility index (Phi) is 35.9. The van der Waals surface area contributed by atoms with E-state index in [2.05, 4.69) is 0 Å². The molecular weight excluding hydrogens is 648 g/mol. The predicted octanol–water partition coefficient (Wildman–Crippen LogP) is -4.17. The highest BCUT2D eigenvalue weighted by molar-refractivity contribution is 6.01. The van der Waals surface area contributed by atoms with Gasteiger partial charge in [0.05, 0.1) is 49.0 Å². The average Bonchev–Trinajstić information content (AvgIpc) is 2.97. The van der Waals surface area contributed by atoms with Gasteiger partial charge < -0.3 is 112 Å². The van der Waals surface area contributed by atoms with Gasteiger partial charge in [-0.25, -0.2) is 0 Å². The molecule has 0 saturated carbocycles. The van der Waals surface area contributed by atoms with Gasteiger partial charge in [0.15, 0.2) is 0 Å². The van der Waals surface area contributed by atoms with Gasteiger partial charge in [-0.1, -0.05) is 72.8 Å². The summed E-state index contributed by atoms with van der Waals surface area (Å²) in [5.41, 5.74) is -2.18. The molecule has 3 rings (SSSR count). The summed E-state index contributed by atoms with van der Waals surface area (Å²) in [7, 11) is 0. The monoisotopic (exact) mass is 692 g/mol. The topological polar surface area (TPSA) is 520 Å². The van der Waals surface area contributed by atoms with E-state index in [-0.39, 0.29) is 83.5 Å². The maximum atomic E-state index is 10.3. The number of hydrogen-bond donors (Lipinski definition) is 9. The van der Waals surface area contributed by atoms with Crippen LogP contribution in [0.1, 0.15) is 62.1 Å². The van der Waals surface area contributed by atoms with Crippen LogP contribution in [0.2, 0.25) is 0 Å². The zero-order chi connectivity index (χ0) is 32.4. The molecule has 21 heteroatoms. The lowest BCUT2D eigenvalue weighted by atomic mass is 10.1. The van der Waals surface area contributed by atoms with Crippen LogP contribution in [0.3, 0.4) is 0 Å². The summed E-state index contributed by atoms with van der Waals surface area (Å²) in [6.45, 7) is -0.729. The molecule has 0 unspecified atom stereocenters. The highest BCUT2D eigenvalue weighted by atomic mass is 16.4. The standard InChI is InChI=1S/3C8H6O4.C3H8O3.6H3N/c3*9-7(10)5-3-1-2-4-6(5)8(11)12;4-1-3(6)2-5;;;;;;/h3*1-4H,(H,9,10)(H,11,12);3-6H,1-2H2;6*1H3. The smallest absolute Gasteiger partial charge is 0.100 e. The maximum absolute atomic E-state index is 10.3. The van der Waals surface area contributed by atoms with E-state index in [1.165, 1.54) is 36.4 Å². The van der Waals surface area contributed by atoms with Crippen LogP contribution in [0.15, 0.2) is 72.8 Å². The summed E-state index contributed by atoms with van der Waals surface area (Å²) < 4.78 is 0. The van der Waals surface area contributed by atoms with Gasteiger partial charge in [-0.15, -0.1) is 0 Å². The van der Waals surface area contributed by atoms with Crippen molar-refractivity contribution in [1.82, 2.24) is 36.9 Å². The molecule has 0 spiro atoms. The molecule has 0 aliphatic carbocycles. The molecule has 3 aromatic carbocycles. The fourth-order valence-electron chi connectivity index (χ4n) is 2.58. The number of carboxylic acid groups (broad SMARTS) is 6. The van der Waals surface area contributed by atoms with Gasteiger partial charge in [0, 0.05) is 33.4 Å². The summed E-state index contributed by atoms with van der Waals surface area (Å²) >= 11 is 0. The van der Waals surface area contributed by atoms with Crippen LogP contribution in [0.4, 0.5) is 0 Å². The molecule has 272 valence electrons. The third kappa shape index (κ3) is 20.2. The first-order chi connectivity index (χ1) is 19.7. The Morgan fingerprint density at radius 1 is 0.396 bits per heavy atom. The van der Waals surface area contributed by atoms with E-state index in [1.54, 1.807) is 0 Å². The maximum Gasteiger partial charge on any atom is 0.100 e. The van der Waals surface area contributed by atoms with E-state index >= 15 is 0 Å². The molecule has 0 radical (unpaired) electrons. The molecule has 0 saturated heterocycles. The van der Waals surface area contributed by atoms with Crippen LogP contribution in [-0.2, 0) is 0 Å².